The topological polar surface area (TPSA) is 116 Å². The molecule has 144 valence electrons. The highest BCUT2D eigenvalue weighted by Gasteiger charge is 2.53. The van der Waals surface area contributed by atoms with Gasteiger partial charge in [-0.2, -0.15) is 0 Å². The van der Waals surface area contributed by atoms with Crippen molar-refractivity contribution in [3.05, 3.63) is 0 Å². The van der Waals surface area contributed by atoms with Crippen molar-refractivity contribution in [1.29, 1.82) is 0 Å². The van der Waals surface area contributed by atoms with Crippen LogP contribution in [0.25, 0.3) is 0 Å². The van der Waals surface area contributed by atoms with Crippen LogP contribution in [0.4, 0.5) is 0 Å². The van der Waals surface area contributed by atoms with Crippen LogP contribution in [0.2, 0.25) is 0 Å². The van der Waals surface area contributed by atoms with Crippen molar-refractivity contribution in [2.75, 3.05) is 6.61 Å². The Labute approximate surface area is 146 Å². The number of ether oxygens (including phenoxy) is 2. The third-order valence-electron chi connectivity index (χ3n) is 4.25. The van der Waals surface area contributed by atoms with Crippen molar-refractivity contribution < 1.29 is 36.1 Å². The maximum Gasteiger partial charge on any atom is 0.364 e. The van der Waals surface area contributed by atoms with Gasteiger partial charge in [-0.1, -0.05) is 28.2 Å². The van der Waals surface area contributed by atoms with E-state index in [4.69, 9.17) is 10.8 Å². The molecule has 1 aliphatic rings. The molecule has 0 spiro atoms. The molecule has 7 nitrogen and oxygen atoms in total. The Morgan fingerprint density at radius 3 is 2.58 bits per heavy atom. The molecule has 0 aromatic carbocycles. The van der Waals surface area contributed by atoms with Crippen LogP contribution in [0.1, 0.15) is 55.7 Å². The minimum atomic E-state index is -2.06. The van der Waals surface area contributed by atoms with Gasteiger partial charge in [0.1, 0.15) is 6.10 Å². The van der Waals surface area contributed by atoms with Crippen LogP contribution in [-0.2, 0) is 14.3 Å². The largest absolute Gasteiger partial charge is 0.477 e. The van der Waals surface area contributed by atoms with Gasteiger partial charge >= 0.3 is 5.97 Å². The maximum absolute atomic E-state index is 11.7. The van der Waals surface area contributed by atoms with Crippen LogP contribution >= 0.6 is 0 Å². The Kier molecular flexibility index (Phi) is 8.59. The Morgan fingerprint density at radius 1 is 1.46 bits per heavy atom. The second-order valence-corrected chi connectivity index (χ2v) is 6.71. The third kappa shape index (κ3) is 5.67. The van der Waals surface area contributed by atoms with Crippen LogP contribution in [0.5, 0.6) is 0 Å². The lowest BCUT2D eigenvalue weighted by molar-refractivity contribution is -0.317. The van der Waals surface area contributed by atoms with E-state index in [-0.39, 0.29) is 20.5 Å². The molecule has 0 aliphatic carbocycles. The number of rotatable bonds is 8. The second kappa shape index (κ2) is 9.68. The molecule has 0 bridgehead atoms. The van der Waals surface area contributed by atoms with Crippen LogP contribution in [-0.4, -0.2) is 63.2 Å². The Bertz CT molecular complexity index is 406. The third-order valence-corrected chi connectivity index (χ3v) is 4.25. The number of carbonyl (C=O) groups is 1. The predicted octanol–water partition coefficient (Wildman–Crippen LogP) is 1.38. The van der Waals surface area contributed by atoms with Gasteiger partial charge in [0, 0.05) is 13.7 Å². The van der Waals surface area contributed by atoms with Gasteiger partial charge in [-0.15, -0.1) is 0 Å². The van der Waals surface area contributed by atoms with Gasteiger partial charge in [-0.3, -0.25) is 0 Å². The summed E-state index contributed by atoms with van der Waals surface area (Å²) in [6, 6.07) is 0. The summed E-state index contributed by atoms with van der Waals surface area (Å²) in [4.78, 5) is 11.7. The molecule has 1 fully saturated rings. The maximum atomic E-state index is 11.7. The van der Waals surface area contributed by atoms with Gasteiger partial charge in [-0.25, -0.2) is 4.79 Å². The Hall–Kier alpha value is -0.730. The summed E-state index contributed by atoms with van der Waals surface area (Å²) in [6.07, 6.45) is -3.85. The predicted molar refractivity (Wildman–Crippen MR) is 89.5 cm³/mol. The molecule has 0 aromatic rings. The van der Waals surface area contributed by atoms with Gasteiger partial charge in [-0.05, 0) is 25.7 Å². The van der Waals surface area contributed by atoms with Gasteiger partial charge < -0.3 is 29.9 Å². The van der Waals surface area contributed by atoms with E-state index in [1.54, 1.807) is 6.92 Å². The van der Waals surface area contributed by atoms with E-state index in [2.05, 4.69) is 0 Å². The van der Waals surface area contributed by atoms with E-state index in [1.807, 2.05) is 13.8 Å². The first-order chi connectivity index (χ1) is 11.1. The van der Waals surface area contributed by atoms with Crippen molar-refractivity contribution in [3.63, 3.8) is 0 Å². The summed E-state index contributed by atoms with van der Waals surface area (Å²) in [5, 5.41) is 39.6. The molecular formula is C17H34O7. The molecular weight excluding hydrogens is 316 g/mol. The fourth-order valence-corrected chi connectivity index (χ4v) is 2.68. The molecule has 7 heteroatoms. The number of aliphatic hydroxyl groups excluding tert-OH is 3. The average Bonchev–Trinajstić information content (AvgIpc) is 2.52. The van der Waals surface area contributed by atoms with Crippen molar-refractivity contribution in [2.45, 2.75) is 84.6 Å². The summed E-state index contributed by atoms with van der Waals surface area (Å²) < 4.78 is 18.2. The molecule has 0 saturated carbocycles. The van der Waals surface area contributed by atoms with Gasteiger partial charge in [0.15, 0.2) is 0 Å². The van der Waals surface area contributed by atoms with E-state index in [0.29, 0.717) is 12.3 Å². The first kappa shape index (κ1) is 21.3. The molecule has 6 atom stereocenters. The summed E-state index contributed by atoms with van der Waals surface area (Å²) in [7, 11) is 0. The molecule has 6 unspecified atom stereocenters. The van der Waals surface area contributed by atoms with E-state index < -0.39 is 49.0 Å². The number of carboxylic acid groups (broad SMARTS) is 1. The van der Waals surface area contributed by atoms with Crippen molar-refractivity contribution >= 4 is 5.97 Å². The molecule has 4 N–H and O–H groups in total. The van der Waals surface area contributed by atoms with Gasteiger partial charge in [0.25, 0.3) is 5.79 Å². The van der Waals surface area contributed by atoms with E-state index in [0.717, 1.165) is 6.42 Å². The highest BCUT2D eigenvalue weighted by atomic mass is 16.7. The summed E-state index contributed by atoms with van der Waals surface area (Å²) in [5.41, 5.74) is 0. The zero-order chi connectivity index (χ0) is 18.5. The minimum absolute atomic E-state index is 0. The molecule has 1 heterocycles. The van der Waals surface area contributed by atoms with Crippen LogP contribution in [0.3, 0.4) is 0 Å². The summed E-state index contributed by atoms with van der Waals surface area (Å²) in [5.74, 6) is -3.59. The van der Waals surface area contributed by atoms with E-state index in [1.165, 1.54) is 0 Å². The lowest BCUT2D eigenvalue weighted by atomic mass is 9.85. The number of hydrogen-bond acceptors (Lipinski definition) is 6. The lowest BCUT2D eigenvalue weighted by Crippen LogP contribution is -2.60. The van der Waals surface area contributed by atoms with Crippen LogP contribution in [0, 0.1) is 11.8 Å². The van der Waals surface area contributed by atoms with E-state index >= 15 is 0 Å². The summed E-state index contributed by atoms with van der Waals surface area (Å²) >= 11 is 0. The van der Waals surface area contributed by atoms with Crippen LogP contribution in [0.15, 0.2) is 0 Å². The number of hydrogen-bond donors (Lipinski definition) is 4. The molecule has 0 aromatic heterocycles. The molecule has 0 radical (unpaired) electrons. The first-order valence-electron chi connectivity index (χ1n) is 8.74. The van der Waals surface area contributed by atoms with Crippen LogP contribution < -0.4 is 0 Å². The number of aliphatic hydroxyl groups is 3. The second-order valence-electron chi connectivity index (χ2n) is 6.71. The average molecular weight is 351 g/mol. The molecule has 1 rings (SSSR count). The zero-order valence-electron chi connectivity index (χ0n) is 15.0. The molecule has 1 aliphatic heterocycles. The van der Waals surface area contributed by atoms with Gasteiger partial charge in [0.2, 0.25) is 0 Å². The fourth-order valence-electron chi connectivity index (χ4n) is 2.68. The standard InChI is InChI=1S/C16H30O7.CH4/c1-9(2)6-5-7-22-16(15(20)21)8-12(18)10(3)14(23-16)13(19)11(4)17;/h9-14,17-19H,5-8H2,1-4H3,(H,20,21);1H4/i4D;. The smallest absolute Gasteiger partial charge is 0.364 e. The van der Waals surface area contributed by atoms with Crippen molar-refractivity contribution in [3.8, 4) is 0 Å². The van der Waals surface area contributed by atoms with Crippen molar-refractivity contribution in [1.82, 2.24) is 0 Å². The molecule has 24 heavy (non-hydrogen) atoms. The monoisotopic (exact) mass is 351 g/mol. The summed E-state index contributed by atoms with van der Waals surface area (Å²) in [6.45, 7) is 5.38. The molecule has 0 amide bonds. The highest BCUT2D eigenvalue weighted by Crippen LogP contribution is 2.36. The Morgan fingerprint density at radius 2 is 2.08 bits per heavy atom. The SMILES string of the molecule is C.[2H]CC(O)C(O)C1OC(OCCCC(C)C)(C(=O)O)CC(O)C1C. The number of carboxylic acids is 1. The van der Waals surface area contributed by atoms with E-state index in [9.17, 15) is 25.2 Å². The lowest BCUT2D eigenvalue weighted by Gasteiger charge is -2.45. The number of aliphatic carboxylic acids is 1. The normalized spacial score (nSPS) is 33.5. The van der Waals surface area contributed by atoms with Crippen molar-refractivity contribution in [2.24, 2.45) is 11.8 Å². The Balaban J connectivity index is 0.00000576. The first-order valence-corrected chi connectivity index (χ1v) is 8.03. The highest BCUT2D eigenvalue weighted by molar-refractivity contribution is 5.76. The fraction of sp³-hybridized carbons (Fsp3) is 0.941. The minimum Gasteiger partial charge on any atom is -0.477 e. The quantitative estimate of drug-likeness (QED) is 0.488. The van der Waals surface area contributed by atoms with Gasteiger partial charge in [0.05, 0.1) is 24.9 Å². The molecule has 1 saturated heterocycles. The zero-order valence-corrected chi connectivity index (χ0v) is 14.0.